The van der Waals surface area contributed by atoms with Crippen LogP contribution in [-0.2, 0) is 11.3 Å². The Morgan fingerprint density at radius 3 is 2.65 bits per heavy atom. The third-order valence-corrected chi connectivity index (χ3v) is 3.75. The van der Waals surface area contributed by atoms with E-state index in [0.29, 0.717) is 6.61 Å². The van der Waals surface area contributed by atoms with E-state index < -0.39 is 0 Å². The van der Waals surface area contributed by atoms with Crippen LogP contribution in [0.3, 0.4) is 0 Å². The van der Waals surface area contributed by atoms with Crippen LogP contribution >= 0.6 is 22.6 Å². The molecule has 4 heteroatoms. The Bertz CT molecular complexity index is 560. The third-order valence-electron chi connectivity index (χ3n) is 2.95. The monoisotopic (exact) mass is 386 g/mol. The number of rotatable bonds is 6. The average Bonchev–Trinajstić information content (AvgIpc) is 2.48. The van der Waals surface area contributed by atoms with Gasteiger partial charge in [0.05, 0.1) is 19.8 Å². The van der Waals surface area contributed by atoms with Gasteiger partial charge >= 0.3 is 0 Å². The van der Waals surface area contributed by atoms with E-state index in [2.05, 4.69) is 22.6 Å². The number of hydrogen-bond acceptors (Lipinski definition) is 2. The summed E-state index contributed by atoms with van der Waals surface area (Å²) in [7, 11) is 1.64. The van der Waals surface area contributed by atoms with Gasteiger partial charge in [-0.3, -0.25) is 0 Å². The summed E-state index contributed by atoms with van der Waals surface area (Å²) in [5, 5.41) is 0. The number of halogens is 2. The molecule has 0 saturated carbocycles. The van der Waals surface area contributed by atoms with Crippen LogP contribution in [0.25, 0.3) is 0 Å². The van der Waals surface area contributed by atoms with Crippen LogP contribution in [0.1, 0.15) is 17.2 Å². The van der Waals surface area contributed by atoms with Gasteiger partial charge in [-0.2, -0.15) is 0 Å². The number of ether oxygens (including phenoxy) is 2. The quantitative estimate of drug-likeness (QED) is 0.537. The van der Waals surface area contributed by atoms with Gasteiger partial charge in [0.25, 0.3) is 0 Å². The lowest BCUT2D eigenvalue weighted by molar-refractivity contribution is 0.0574. The van der Waals surface area contributed by atoms with Crippen LogP contribution in [0.15, 0.2) is 48.5 Å². The van der Waals surface area contributed by atoms with E-state index in [-0.39, 0.29) is 11.9 Å². The highest BCUT2D eigenvalue weighted by molar-refractivity contribution is 14.1. The second kappa shape index (κ2) is 7.59. The molecule has 1 atom stereocenters. The van der Waals surface area contributed by atoms with Crippen LogP contribution in [0.2, 0.25) is 0 Å². The number of methoxy groups -OCH3 is 1. The first kappa shape index (κ1) is 15.3. The van der Waals surface area contributed by atoms with E-state index in [1.54, 1.807) is 13.2 Å². The third kappa shape index (κ3) is 4.18. The highest BCUT2D eigenvalue weighted by Crippen LogP contribution is 2.23. The Balaban J connectivity index is 2.03. The van der Waals surface area contributed by atoms with Crippen LogP contribution in [0.4, 0.5) is 4.39 Å². The summed E-state index contributed by atoms with van der Waals surface area (Å²) in [5.74, 6) is 0.574. The first-order valence-electron chi connectivity index (χ1n) is 6.29. The molecule has 2 aromatic rings. The predicted octanol–water partition coefficient (Wildman–Crippen LogP) is 4.53. The van der Waals surface area contributed by atoms with Gasteiger partial charge in [0, 0.05) is 4.43 Å². The van der Waals surface area contributed by atoms with Crippen molar-refractivity contribution in [2.45, 2.75) is 12.7 Å². The minimum atomic E-state index is -0.234. The fourth-order valence-electron chi connectivity index (χ4n) is 1.90. The molecule has 0 spiro atoms. The van der Waals surface area contributed by atoms with Crippen molar-refractivity contribution >= 4 is 22.6 Å². The van der Waals surface area contributed by atoms with Gasteiger partial charge in [0.15, 0.2) is 0 Å². The maximum atomic E-state index is 13.3. The molecular weight excluding hydrogens is 370 g/mol. The van der Waals surface area contributed by atoms with Gasteiger partial charge < -0.3 is 9.47 Å². The summed E-state index contributed by atoms with van der Waals surface area (Å²) >= 11 is 2.25. The molecule has 0 saturated heterocycles. The standard InChI is InChI=1S/C16H16FIO2/c1-19-15-7-2-4-12(8-15)11-20-16(10-18)13-5-3-6-14(17)9-13/h2-9,16H,10-11H2,1H3. The molecule has 2 rings (SSSR count). The van der Waals surface area contributed by atoms with Crippen molar-refractivity contribution in [3.63, 3.8) is 0 Å². The summed E-state index contributed by atoms with van der Waals surface area (Å²) in [6.07, 6.45) is -0.113. The molecule has 0 aliphatic heterocycles. The molecule has 0 aromatic heterocycles. The molecule has 2 nitrogen and oxygen atoms in total. The molecule has 20 heavy (non-hydrogen) atoms. The summed E-state index contributed by atoms with van der Waals surface area (Å²) < 4.78 is 25.1. The van der Waals surface area contributed by atoms with Gasteiger partial charge in [0.1, 0.15) is 11.6 Å². The topological polar surface area (TPSA) is 18.5 Å². The summed E-state index contributed by atoms with van der Waals surface area (Å²) in [6.45, 7) is 0.474. The van der Waals surface area contributed by atoms with Crippen LogP contribution in [-0.4, -0.2) is 11.5 Å². The normalized spacial score (nSPS) is 12.2. The Hall–Kier alpha value is -1.14. The zero-order valence-corrected chi connectivity index (χ0v) is 13.3. The maximum absolute atomic E-state index is 13.3. The van der Waals surface area contributed by atoms with Gasteiger partial charge in [-0.05, 0) is 35.4 Å². The number of hydrogen-bond donors (Lipinski definition) is 0. The Morgan fingerprint density at radius 2 is 1.95 bits per heavy atom. The molecule has 106 valence electrons. The Labute approximate surface area is 132 Å². The van der Waals surface area contributed by atoms with Gasteiger partial charge in [0.2, 0.25) is 0 Å². The summed E-state index contributed by atoms with van der Waals surface area (Å²) in [4.78, 5) is 0. The fraction of sp³-hybridized carbons (Fsp3) is 0.250. The average molecular weight is 386 g/mol. The largest absolute Gasteiger partial charge is 0.497 e. The molecule has 0 N–H and O–H groups in total. The first-order valence-corrected chi connectivity index (χ1v) is 7.81. The lowest BCUT2D eigenvalue weighted by Crippen LogP contribution is -2.06. The zero-order valence-electron chi connectivity index (χ0n) is 11.2. The van der Waals surface area contributed by atoms with E-state index in [1.807, 2.05) is 30.3 Å². The van der Waals surface area contributed by atoms with Crippen molar-refractivity contribution in [3.05, 3.63) is 65.5 Å². The number of benzene rings is 2. The van der Waals surface area contributed by atoms with Gasteiger partial charge in [-0.15, -0.1) is 0 Å². The minimum Gasteiger partial charge on any atom is -0.497 e. The molecule has 1 unspecified atom stereocenters. The first-order chi connectivity index (χ1) is 9.72. The van der Waals surface area contributed by atoms with Gasteiger partial charge in [-0.25, -0.2) is 4.39 Å². The van der Waals surface area contributed by atoms with E-state index in [4.69, 9.17) is 9.47 Å². The minimum absolute atomic E-state index is 0.113. The molecule has 0 aliphatic rings. The second-order valence-electron chi connectivity index (χ2n) is 4.36. The zero-order chi connectivity index (χ0) is 14.4. The van der Waals surface area contributed by atoms with Crippen molar-refractivity contribution < 1.29 is 13.9 Å². The molecule has 0 heterocycles. The van der Waals surface area contributed by atoms with Crippen molar-refractivity contribution in [3.8, 4) is 5.75 Å². The van der Waals surface area contributed by atoms with Crippen LogP contribution in [0.5, 0.6) is 5.75 Å². The predicted molar refractivity (Wildman–Crippen MR) is 85.8 cm³/mol. The summed E-state index contributed by atoms with van der Waals surface area (Å²) in [5.41, 5.74) is 1.90. The van der Waals surface area contributed by atoms with Crippen molar-refractivity contribution in [2.24, 2.45) is 0 Å². The Morgan fingerprint density at radius 1 is 1.15 bits per heavy atom. The molecule has 0 radical (unpaired) electrons. The van der Waals surface area contributed by atoms with E-state index in [0.717, 1.165) is 21.3 Å². The Kier molecular flexibility index (Phi) is 5.79. The van der Waals surface area contributed by atoms with Crippen LogP contribution in [0, 0.1) is 5.82 Å². The fourth-order valence-corrected chi connectivity index (χ4v) is 2.66. The van der Waals surface area contributed by atoms with E-state index in [9.17, 15) is 4.39 Å². The maximum Gasteiger partial charge on any atom is 0.123 e. The second-order valence-corrected chi connectivity index (χ2v) is 5.24. The van der Waals surface area contributed by atoms with E-state index in [1.165, 1.54) is 12.1 Å². The molecular formula is C16H16FIO2. The van der Waals surface area contributed by atoms with Crippen molar-refractivity contribution in [1.82, 2.24) is 0 Å². The lowest BCUT2D eigenvalue weighted by atomic mass is 10.1. The molecule has 0 fully saturated rings. The van der Waals surface area contributed by atoms with Crippen molar-refractivity contribution in [1.29, 1.82) is 0 Å². The van der Waals surface area contributed by atoms with Crippen molar-refractivity contribution in [2.75, 3.05) is 11.5 Å². The molecule has 0 bridgehead atoms. The highest BCUT2D eigenvalue weighted by Gasteiger charge is 2.11. The van der Waals surface area contributed by atoms with Gasteiger partial charge in [-0.1, -0.05) is 46.9 Å². The molecule has 2 aromatic carbocycles. The van der Waals surface area contributed by atoms with E-state index >= 15 is 0 Å². The molecule has 0 amide bonds. The summed E-state index contributed by atoms with van der Waals surface area (Å²) in [6, 6.07) is 14.3. The van der Waals surface area contributed by atoms with Crippen LogP contribution < -0.4 is 4.74 Å². The lowest BCUT2D eigenvalue weighted by Gasteiger charge is -2.16. The number of alkyl halides is 1. The highest BCUT2D eigenvalue weighted by atomic mass is 127. The molecule has 0 aliphatic carbocycles. The SMILES string of the molecule is COc1cccc(COC(CI)c2cccc(F)c2)c1. The smallest absolute Gasteiger partial charge is 0.123 e.